The maximum Gasteiger partial charge on any atom is 0.0780 e. The standard InChI is InChI=1S/C15H30O3/c1-5-14(6-2)18-10-12(4)17-11-13-8-9-15(13,16)7-3/h12-14,16H,5-11H2,1-4H3. The van der Waals surface area contributed by atoms with Crippen LogP contribution in [0, 0.1) is 5.92 Å². The predicted octanol–water partition coefficient (Wildman–Crippen LogP) is 3.15. The van der Waals surface area contributed by atoms with Crippen LogP contribution in [0.15, 0.2) is 0 Å². The van der Waals surface area contributed by atoms with Gasteiger partial charge in [-0.1, -0.05) is 20.8 Å². The molecule has 0 heterocycles. The van der Waals surface area contributed by atoms with Gasteiger partial charge in [-0.25, -0.2) is 0 Å². The Labute approximate surface area is 112 Å². The first kappa shape index (κ1) is 15.9. The van der Waals surface area contributed by atoms with Crippen molar-refractivity contribution < 1.29 is 14.6 Å². The zero-order valence-electron chi connectivity index (χ0n) is 12.4. The van der Waals surface area contributed by atoms with Crippen molar-refractivity contribution in [3.63, 3.8) is 0 Å². The first-order valence-corrected chi connectivity index (χ1v) is 7.51. The molecule has 0 bridgehead atoms. The van der Waals surface area contributed by atoms with E-state index >= 15 is 0 Å². The summed E-state index contributed by atoms with van der Waals surface area (Å²) >= 11 is 0. The van der Waals surface area contributed by atoms with Gasteiger partial charge in [0.2, 0.25) is 0 Å². The minimum atomic E-state index is -0.462. The fraction of sp³-hybridized carbons (Fsp3) is 1.00. The van der Waals surface area contributed by atoms with Gasteiger partial charge in [0.25, 0.3) is 0 Å². The molecule has 1 saturated carbocycles. The molecule has 0 aromatic rings. The second kappa shape index (κ2) is 7.46. The van der Waals surface area contributed by atoms with Crippen molar-refractivity contribution in [2.45, 2.75) is 77.6 Å². The third-order valence-electron chi connectivity index (χ3n) is 4.36. The molecule has 0 spiro atoms. The van der Waals surface area contributed by atoms with Crippen molar-refractivity contribution in [1.29, 1.82) is 0 Å². The molecule has 3 atom stereocenters. The van der Waals surface area contributed by atoms with Gasteiger partial charge in [-0.2, -0.15) is 0 Å². The summed E-state index contributed by atoms with van der Waals surface area (Å²) in [6, 6.07) is 0. The number of hydrogen-bond donors (Lipinski definition) is 1. The fourth-order valence-corrected chi connectivity index (χ4v) is 2.51. The van der Waals surface area contributed by atoms with Crippen molar-refractivity contribution in [3.05, 3.63) is 0 Å². The number of hydrogen-bond acceptors (Lipinski definition) is 3. The molecule has 0 saturated heterocycles. The highest BCUT2D eigenvalue weighted by Gasteiger charge is 2.43. The molecule has 1 aliphatic carbocycles. The van der Waals surface area contributed by atoms with Crippen LogP contribution in [0.25, 0.3) is 0 Å². The van der Waals surface area contributed by atoms with Crippen LogP contribution in [0.1, 0.15) is 59.8 Å². The van der Waals surface area contributed by atoms with Crippen molar-refractivity contribution in [1.82, 2.24) is 0 Å². The Morgan fingerprint density at radius 2 is 1.89 bits per heavy atom. The molecular weight excluding hydrogens is 228 g/mol. The summed E-state index contributed by atoms with van der Waals surface area (Å²) in [5.74, 6) is 0.318. The first-order valence-electron chi connectivity index (χ1n) is 7.51. The van der Waals surface area contributed by atoms with E-state index in [-0.39, 0.29) is 6.10 Å². The zero-order chi connectivity index (χ0) is 13.6. The van der Waals surface area contributed by atoms with E-state index in [2.05, 4.69) is 13.8 Å². The first-order chi connectivity index (χ1) is 8.55. The van der Waals surface area contributed by atoms with Gasteiger partial charge in [0, 0.05) is 5.92 Å². The third kappa shape index (κ3) is 4.22. The molecule has 108 valence electrons. The SMILES string of the molecule is CCC(CC)OCC(C)OCC1CCC1(O)CC. The van der Waals surface area contributed by atoms with Gasteiger partial charge in [0.15, 0.2) is 0 Å². The van der Waals surface area contributed by atoms with Crippen molar-refractivity contribution in [2.75, 3.05) is 13.2 Å². The molecule has 0 amide bonds. The summed E-state index contributed by atoms with van der Waals surface area (Å²) in [5, 5.41) is 10.2. The van der Waals surface area contributed by atoms with Crippen LogP contribution in [-0.4, -0.2) is 36.1 Å². The van der Waals surface area contributed by atoms with Crippen molar-refractivity contribution in [2.24, 2.45) is 5.92 Å². The van der Waals surface area contributed by atoms with Crippen molar-refractivity contribution in [3.8, 4) is 0 Å². The van der Waals surface area contributed by atoms with Crippen LogP contribution in [0.5, 0.6) is 0 Å². The quantitative estimate of drug-likeness (QED) is 0.690. The molecule has 0 radical (unpaired) electrons. The molecule has 0 aliphatic heterocycles. The largest absolute Gasteiger partial charge is 0.390 e. The molecule has 18 heavy (non-hydrogen) atoms. The van der Waals surface area contributed by atoms with E-state index in [1.165, 1.54) is 0 Å². The lowest BCUT2D eigenvalue weighted by Crippen LogP contribution is -2.49. The topological polar surface area (TPSA) is 38.7 Å². The van der Waals surface area contributed by atoms with Gasteiger partial charge >= 0.3 is 0 Å². The van der Waals surface area contributed by atoms with Gasteiger partial charge < -0.3 is 14.6 Å². The third-order valence-corrected chi connectivity index (χ3v) is 4.36. The molecule has 1 rings (SSSR count). The molecule has 1 aliphatic rings. The molecule has 3 unspecified atom stereocenters. The van der Waals surface area contributed by atoms with E-state index in [4.69, 9.17) is 9.47 Å². The Morgan fingerprint density at radius 3 is 2.33 bits per heavy atom. The highest BCUT2D eigenvalue weighted by atomic mass is 16.5. The van der Waals surface area contributed by atoms with E-state index < -0.39 is 5.60 Å². The molecule has 1 N–H and O–H groups in total. The molecule has 0 aromatic carbocycles. The molecule has 0 aromatic heterocycles. The lowest BCUT2D eigenvalue weighted by atomic mass is 9.68. The monoisotopic (exact) mass is 258 g/mol. The summed E-state index contributed by atoms with van der Waals surface area (Å²) in [7, 11) is 0. The Balaban J connectivity index is 2.15. The summed E-state index contributed by atoms with van der Waals surface area (Å²) in [6.45, 7) is 9.71. The maximum atomic E-state index is 10.2. The molecular formula is C15H30O3. The van der Waals surface area contributed by atoms with Crippen LogP contribution in [0.3, 0.4) is 0 Å². The van der Waals surface area contributed by atoms with Gasteiger partial charge in [-0.15, -0.1) is 0 Å². The minimum absolute atomic E-state index is 0.118. The highest BCUT2D eigenvalue weighted by Crippen LogP contribution is 2.41. The Kier molecular flexibility index (Phi) is 6.61. The molecule has 3 nitrogen and oxygen atoms in total. The number of rotatable bonds is 9. The van der Waals surface area contributed by atoms with Crippen LogP contribution < -0.4 is 0 Å². The van der Waals surface area contributed by atoms with Gasteiger partial charge in [0.05, 0.1) is 31.0 Å². The normalized spacial score (nSPS) is 29.3. The lowest BCUT2D eigenvalue weighted by Gasteiger charge is -2.45. The molecule has 1 fully saturated rings. The highest BCUT2D eigenvalue weighted by molar-refractivity contribution is 4.94. The average molecular weight is 258 g/mol. The second-order valence-electron chi connectivity index (χ2n) is 5.61. The predicted molar refractivity (Wildman–Crippen MR) is 73.7 cm³/mol. The van der Waals surface area contributed by atoms with Crippen LogP contribution >= 0.6 is 0 Å². The van der Waals surface area contributed by atoms with E-state index in [0.29, 0.717) is 25.2 Å². The Bertz CT molecular complexity index is 224. The number of aliphatic hydroxyl groups is 1. The van der Waals surface area contributed by atoms with Gasteiger partial charge in [-0.3, -0.25) is 0 Å². The smallest absolute Gasteiger partial charge is 0.0780 e. The summed E-state index contributed by atoms with van der Waals surface area (Å²) in [4.78, 5) is 0. The summed E-state index contributed by atoms with van der Waals surface area (Å²) in [6.07, 6.45) is 5.43. The minimum Gasteiger partial charge on any atom is -0.390 e. The Morgan fingerprint density at radius 1 is 1.22 bits per heavy atom. The maximum absolute atomic E-state index is 10.2. The second-order valence-corrected chi connectivity index (χ2v) is 5.61. The lowest BCUT2D eigenvalue weighted by molar-refractivity contribution is -0.139. The number of ether oxygens (including phenoxy) is 2. The van der Waals surface area contributed by atoms with Gasteiger partial charge in [-0.05, 0) is 39.0 Å². The summed E-state index contributed by atoms with van der Waals surface area (Å²) < 4.78 is 11.6. The van der Waals surface area contributed by atoms with E-state index in [1.54, 1.807) is 0 Å². The fourth-order valence-electron chi connectivity index (χ4n) is 2.51. The zero-order valence-corrected chi connectivity index (χ0v) is 12.4. The van der Waals surface area contributed by atoms with Gasteiger partial charge in [0.1, 0.15) is 0 Å². The average Bonchev–Trinajstić information content (AvgIpc) is 2.37. The Hall–Kier alpha value is -0.120. The van der Waals surface area contributed by atoms with E-state index in [0.717, 1.165) is 32.1 Å². The summed E-state index contributed by atoms with van der Waals surface area (Å²) in [5.41, 5.74) is -0.462. The van der Waals surface area contributed by atoms with Crippen molar-refractivity contribution >= 4 is 0 Å². The van der Waals surface area contributed by atoms with E-state index in [1.807, 2.05) is 13.8 Å². The van der Waals surface area contributed by atoms with Crippen LogP contribution in [0.4, 0.5) is 0 Å². The van der Waals surface area contributed by atoms with E-state index in [9.17, 15) is 5.11 Å². The molecule has 3 heteroatoms. The van der Waals surface area contributed by atoms with Crippen LogP contribution in [-0.2, 0) is 9.47 Å². The van der Waals surface area contributed by atoms with Crippen LogP contribution in [0.2, 0.25) is 0 Å².